The molecule has 6 nitrogen and oxygen atoms in total. The van der Waals surface area contributed by atoms with Gasteiger partial charge in [-0.3, -0.25) is 10.3 Å². The van der Waals surface area contributed by atoms with Gasteiger partial charge in [0, 0.05) is 43.9 Å². The fourth-order valence-electron chi connectivity index (χ4n) is 3.56. The van der Waals surface area contributed by atoms with Crippen LogP contribution in [0.1, 0.15) is 37.9 Å². The predicted molar refractivity (Wildman–Crippen MR) is 107 cm³/mol. The minimum Gasteiger partial charge on any atom is -0.488 e. The van der Waals surface area contributed by atoms with Crippen LogP contribution >= 0.6 is 0 Å². The van der Waals surface area contributed by atoms with Gasteiger partial charge in [0.05, 0.1) is 17.5 Å². The van der Waals surface area contributed by atoms with Crippen molar-refractivity contribution in [3.8, 4) is 5.75 Å². The highest BCUT2D eigenvalue weighted by molar-refractivity contribution is 6.10. The molecule has 1 aliphatic carbocycles. The summed E-state index contributed by atoms with van der Waals surface area (Å²) in [5.41, 5.74) is 1.32. The van der Waals surface area contributed by atoms with E-state index in [4.69, 9.17) is 10.1 Å². The number of ether oxygens (including phenoxy) is 1. The van der Waals surface area contributed by atoms with Crippen LogP contribution in [0.5, 0.6) is 5.75 Å². The van der Waals surface area contributed by atoms with Crippen LogP contribution in [0.4, 0.5) is 10.2 Å². The molecule has 0 spiro atoms. The van der Waals surface area contributed by atoms with Crippen LogP contribution in [0.2, 0.25) is 0 Å². The molecule has 1 N–H and O–H groups in total. The number of hydrogen-bond donors (Lipinski definition) is 1. The molecule has 2 heterocycles. The van der Waals surface area contributed by atoms with E-state index in [1.165, 1.54) is 25.2 Å². The molecule has 7 heteroatoms. The van der Waals surface area contributed by atoms with E-state index in [1.807, 2.05) is 19.9 Å². The van der Waals surface area contributed by atoms with Crippen LogP contribution in [-0.4, -0.2) is 58.9 Å². The Morgan fingerprint density at radius 1 is 1.14 bits per heavy atom. The van der Waals surface area contributed by atoms with Crippen LogP contribution in [0.15, 0.2) is 30.6 Å². The third-order valence-electron chi connectivity index (χ3n) is 5.19. The third-order valence-corrected chi connectivity index (χ3v) is 5.19. The van der Waals surface area contributed by atoms with Crippen LogP contribution in [-0.2, 0) is 0 Å². The summed E-state index contributed by atoms with van der Waals surface area (Å²) in [6, 6.07) is 7.12. The summed E-state index contributed by atoms with van der Waals surface area (Å²) in [4.78, 5) is 13.5. The number of rotatable bonds is 6. The Balaban J connectivity index is 1.50. The van der Waals surface area contributed by atoms with Gasteiger partial charge in [-0.05, 0) is 44.9 Å². The first-order chi connectivity index (χ1) is 13.5. The molecule has 1 saturated heterocycles. The fourth-order valence-corrected chi connectivity index (χ4v) is 3.56. The van der Waals surface area contributed by atoms with Gasteiger partial charge < -0.3 is 9.64 Å². The molecule has 0 bridgehead atoms. The molecule has 1 aliphatic heterocycles. The van der Waals surface area contributed by atoms with E-state index in [-0.39, 0.29) is 17.6 Å². The highest BCUT2D eigenvalue weighted by atomic mass is 19.1. The van der Waals surface area contributed by atoms with Gasteiger partial charge in [-0.1, -0.05) is 0 Å². The summed E-state index contributed by atoms with van der Waals surface area (Å²) in [5, 5.41) is 8.53. The summed E-state index contributed by atoms with van der Waals surface area (Å²) in [6.45, 7) is 7.66. The van der Waals surface area contributed by atoms with Crippen LogP contribution in [0, 0.1) is 11.2 Å². The molecular weight excluding hydrogens is 357 g/mol. The number of benzene rings is 1. The number of nitrogens with one attached hydrogen (secondary N) is 1. The molecule has 0 amide bonds. The van der Waals surface area contributed by atoms with E-state index < -0.39 is 5.82 Å². The van der Waals surface area contributed by atoms with Gasteiger partial charge in [0.15, 0.2) is 11.6 Å². The molecule has 2 fully saturated rings. The quantitative estimate of drug-likeness (QED) is 0.777. The molecule has 2 aromatic rings. The largest absolute Gasteiger partial charge is 0.488 e. The summed E-state index contributed by atoms with van der Waals surface area (Å²) in [5.74, 6) is 0.566. The maximum atomic E-state index is 14.0. The second kappa shape index (κ2) is 7.83. The van der Waals surface area contributed by atoms with Gasteiger partial charge in [0.2, 0.25) is 0 Å². The average Bonchev–Trinajstić information content (AvgIpc) is 3.54. The summed E-state index contributed by atoms with van der Waals surface area (Å²) >= 11 is 0. The molecule has 2 aliphatic rings. The molecule has 28 heavy (non-hydrogen) atoms. The summed E-state index contributed by atoms with van der Waals surface area (Å²) in [7, 11) is 0. The second-order valence-corrected chi connectivity index (χ2v) is 7.70. The van der Waals surface area contributed by atoms with E-state index in [2.05, 4.69) is 19.8 Å². The lowest BCUT2D eigenvalue weighted by molar-refractivity contribution is 0.231. The zero-order chi connectivity index (χ0) is 19.7. The Kier molecular flexibility index (Phi) is 5.26. The Hall–Kier alpha value is -2.54. The van der Waals surface area contributed by atoms with Crippen molar-refractivity contribution in [3.05, 3.63) is 47.7 Å². The van der Waals surface area contributed by atoms with Crippen molar-refractivity contribution < 1.29 is 9.13 Å². The monoisotopic (exact) mass is 383 g/mol. The molecule has 4 rings (SSSR count). The fraction of sp³-hybridized carbons (Fsp3) is 0.476. The predicted octanol–water partition coefficient (Wildman–Crippen LogP) is 3.10. The minimum atomic E-state index is -0.429. The van der Waals surface area contributed by atoms with Crippen LogP contribution in [0.25, 0.3) is 0 Å². The van der Waals surface area contributed by atoms with Gasteiger partial charge in [-0.2, -0.15) is 0 Å². The van der Waals surface area contributed by atoms with E-state index in [0.29, 0.717) is 11.3 Å². The van der Waals surface area contributed by atoms with Crippen molar-refractivity contribution in [2.24, 2.45) is 0 Å². The summed E-state index contributed by atoms with van der Waals surface area (Å²) in [6.07, 6.45) is 4.02. The Bertz CT molecular complexity index is 860. The standard InChI is InChI=1S/C21H26FN5O/c1-14(2)28-19-11-15(3-6-17(19)22)21(23)18-12-20(25-13-24-18)27-9-7-26(8-10-27)16-4-5-16/h3,6,11-14,16,23H,4-5,7-10H2,1-2H3. The van der Waals surface area contributed by atoms with Crippen molar-refractivity contribution in [2.75, 3.05) is 31.1 Å². The first-order valence-corrected chi connectivity index (χ1v) is 9.88. The molecule has 0 unspecified atom stereocenters. The molecule has 0 radical (unpaired) electrons. The van der Waals surface area contributed by atoms with Gasteiger partial charge in [-0.25, -0.2) is 14.4 Å². The Morgan fingerprint density at radius 2 is 1.89 bits per heavy atom. The third kappa shape index (κ3) is 4.14. The Labute approximate surface area is 164 Å². The first-order valence-electron chi connectivity index (χ1n) is 9.88. The smallest absolute Gasteiger partial charge is 0.165 e. The number of aromatic nitrogens is 2. The lowest BCUT2D eigenvalue weighted by Crippen LogP contribution is -2.47. The van der Waals surface area contributed by atoms with E-state index in [1.54, 1.807) is 12.1 Å². The van der Waals surface area contributed by atoms with Crippen molar-refractivity contribution in [1.82, 2.24) is 14.9 Å². The van der Waals surface area contributed by atoms with Crippen molar-refractivity contribution in [1.29, 1.82) is 5.41 Å². The number of piperazine rings is 1. The Morgan fingerprint density at radius 3 is 2.57 bits per heavy atom. The molecule has 0 atom stereocenters. The topological polar surface area (TPSA) is 65.3 Å². The first kappa shape index (κ1) is 18.8. The van der Waals surface area contributed by atoms with Crippen LogP contribution < -0.4 is 9.64 Å². The maximum Gasteiger partial charge on any atom is 0.165 e. The van der Waals surface area contributed by atoms with E-state index in [0.717, 1.165) is 38.0 Å². The SMILES string of the molecule is CC(C)Oc1cc(C(=N)c2cc(N3CCN(C4CC4)CC3)ncn2)ccc1F. The van der Waals surface area contributed by atoms with E-state index in [9.17, 15) is 4.39 Å². The van der Waals surface area contributed by atoms with Crippen molar-refractivity contribution >= 4 is 11.5 Å². The molecule has 1 aromatic carbocycles. The zero-order valence-electron chi connectivity index (χ0n) is 16.4. The highest BCUT2D eigenvalue weighted by Crippen LogP contribution is 2.28. The highest BCUT2D eigenvalue weighted by Gasteiger charge is 2.31. The van der Waals surface area contributed by atoms with Crippen LogP contribution in [0.3, 0.4) is 0 Å². The lowest BCUT2D eigenvalue weighted by Gasteiger charge is -2.35. The normalized spacial score (nSPS) is 17.8. The maximum absolute atomic E-state index is 14.0. The number of anilines is 1. The van der Waals surface area contributed by atoms with Crippen molar-refractivity contribution in [3.63, 3.8) is 0 Å². The number of nitrogens with zero attached hydrogens (tertiary/aromatic N) is 4. The van der Waals surface area contributed by atoms with E-state index >= 15 is 0 Å². The molecule has 1 aromatic heterocycles. The number of hydrogen-bond acceptors (Lipinski definition) is 6. The molecular formula is C21H26FN5O. The summed E-state index contributed by atoms with van der Waals surface area (Å²) < 4.78 is 19.5. The second-order valence-electron chi connectivity index (χ2n) is 7.70. The van der Waals surface area contributed by atoms with Crippen molar-refractivity contribution in [2.45, 2.75) is 38.8 Å². The minimum absolute atomic E-state index is 0.140. The van der Waals surface area contributed by atoms with Gasteiger partial charge in [0.25, 0.3) is 0 Å². The number of halogens is 1. The van der Waals surface area contributed by atoms with Gasteiger partial charge in [-0.15, -0.1) is 0 Å². The molecule has 1 saturated carbocycles. The molecule has 148 valence electrons. The zero-order valence-corrected chi connectivity index (χ0v) is 16.4. The average molecular weight is 383 g/mol. The lowest BCUT2D eigenvalue weighted by atomic mass is 10.1. The van der Waals surface area contributed by atoms with Gasteiger partial charge in [0.1, 0.15) is 12.1 Å². The van der Waals surface area contributed by atoms with Gasteiger partial charge >= 0.3 is 0 Å².